The number of benzene rings is 1. The SMILES string of the molecule is CCCCNc1ncc(-c2ccncc2)c2ccc(C(C)(C)C)cc12. The van der Waals surface area contributed by atoms with E-state index >= 15 is 0 Å². The average Bonchev–Trinajstić information content (AvgIpc) is 2.61. The van der Waals surface area contributed by atoms with E-state index in [1.54, 1.807) is 0 Å². The molecule has 130 valence electrons. The van der Waals surface area contributed by atoms with Gasteiger partial charge in [0.05, 0.1) is 0 Å². The Labute approximate surface area is 150 Å². The van der Waals surface area contributed by atoms with Gasteiger partial charge < -0.3 is 5.32 Å². The maximum atomic E-state index is 4.75. The Morgan fingerprint density at radius 2 is 1.76 bits per heavy atom. The molecule has 0 atom stereocenters. The van der Waals surface area contributed by atoms with Gasteiger partial charge in [0.15, 0.2) is 0 Å². The predicted molar refractivity (Wildman–Crippen MR) is 107 cm³/mol. The first-order chi connectivity index (χ1) is 12.0. The molecule has 3 heteroatoms. The summed E-state index contributed by atoms with van der Waals surface area (Å²) in [6, 6.07) is 10.8. The van der Waals surface area contributed by atoms with Gasteiger partial charge >= 0.3 is 0 Å². The summed E-state index contributed by atoms with van der Waals surface area (Å²) >= 11 is 0. The summed E-state index contributed by atoms with van der Waals surface area (Å²) in [6.45, 7) is 9.90. The van der Waals surface area contributed by atoms with Gasteiger partial charge in [0, 0.05) is 36.1 Å². The van der Waals surface area contributed by atoms with Gasteiger partial charge in [0.25, 0.3) is 0 Å². The van der Waals surface area contributed by atoms with Gasteiger partial charge in [-0.15, -0.1) is 0 Å². The van der Waals surface area contributed by atoms with Gasteiger partial charge in [-0.05, 0) is 46.5 Å². The first-order valence-corrected chi connectivity index (χ1v) is 9.08. The van der Waals surface area contributed by atoms with Crippen LogP contribution in [-0.4, -0.2) is 16.5 Å². The van der Waals surface area contributed by atoms with E-state index in [-0.39, 0.29) is 5.41 Å². The second kappa shape index (κ2) is 7.22. The summed E-state index contributed by atoms with van der Waals surface area (Å²) in [4.78, 5) is 8.88. The third-order valence-corrected chi connectivity index (χ3v) is 4.57. The largest absolute Gasteiger partial charge is 0.370 e. The molecule has 0 amide bonds. The van der Waals surface area contributed by atoms with Crippen molar-refractivity contribution in [1.82, 2.24) is 9.97 Å². The Kier molecular flexibility index (Phi) is 5.03. The molecule has 0 aliphatic rings. The standard InChI is InChI=1S/C22H27N3/c1-5-6-11-24-21-19-14-17(22(2,3)4)7-8-18(19)20(15-25-21)16-9-12-23-13-10-16/h7-10,12-15H,5-6,11H2,1-4H3,(H,24,25). The van der Waals surface area contributed by atoms with Crippen molar-refractivity contribution < 1.29 is 0 Å². The summed E-state index contributed by atoms with van der Waals surface area (Å²) in [7, 11) is 0. The van der Waals surface area contributed by atoms with E-state index in [1.807, 2.05) is 30.7 Å². The van der Waals surface area contributed by atoms with Crippen LogP contribution in [0.15, 0.2) is 48.9 Å². The highest BCUT2D eigenvalue weighted by Crippen LogP contribution is 2.34. The van der Waals surface area contributed by atoms with Crippen molar-refractivity contribution in [3.05, 3.63) is 54.5 Å². The molecule has 3 aromatic rings. The Bertz CT molecular complexity index is 848. The molecular weight excluding hydrogens is 306 g/mol. The topological polar surface area (TPSA) is 37.8 Å². The van der Waals surface area contributed by atoms with E-state index in [2.05, 4.69) is 56.2 Å². The summed E-state index contributed by atoms with van der Waals surface area (Å²) in [5.74, 6) is 0.979. The molecule has 0 saturated heterocycles. The van der Waals surface area contributed by atoms with Crippen molar-refractivity contribution in [2.45, 2.75) is 46.0 Å². The van der Waals surface area contributed by atoms with Crippen LogP contribution >= 0.6 is 0 Å². The highest BCUT2D eigenvalue weighted by molar-refractivity contribution is 6.02. The zero-order valence-electron chi connectivity index (χ0n) is 15.6. The van der Waals surface area contributed by atoms with E-state index in [4.69, 9.17) is 4.98 Å². The first-order valence-electron chi connectivity index (χ1n) is 9.08. The lowest BCUT2D eigenvalue weighted by Crippen LogP contribution is -2.11. The van der Waals surface area contributed by atoms with Crippen molar-refractivity contribution in [2.24, 2.45) is 0 Å². The molecule has 25 heavy (non-hydrogen) atoms. The molecule has 2 heterocycles. The minimum absolute atomic E-state index is 0.113. The second-order valence-electron chi connectivity index (χ2n) is 7.55. The predicted octanol–water partition coefficient (Wildman–Crippen LogP) is 5.81. The lowest BCUT2D eigenvalue weighted by atomic mass is 9.85. The van der Waals surface area contributed by atoms with E-state index in [9.17, 15) is 0 Å². The summed E-state index contributed by atoms with van der Waals surface area (Å²) in [5, 5.41) is 5.94. The fraction of sp³-hybridized carbons (Fsp3) is 0.364. The molecule has 0 radical (unpaired) electrons. The molecule has 3 nitrogen and oxygen atoms in total. The van der Waals surface area contributed by atoms with Crippen LogP contribution < -0.4 is 5.32 Å². The van der Waals surface area contributed by atoms with Crippen molar-refractivity contribution in [3.63, 3.8) is 0 Å². The van der Waals surface area contributed by atoms with Gasteiger partial charge in [0.2, 0.25) is 0 Å². The molecule has 1 N–H and O–H groups in total. The van der Waals surface area contributed by atoms with Crippen LogP contribution in [0.1, 0.15) is 46.1 Å². The zero-order chi connectivity index (χ0) is 17.9. The molecule has 0 bridgehead atoms. The highest BCUT2D eigenvalue weighted by Gasteiger charge is 2.16. The summed E-state index contributed by atoms with van der Waals surface area (Å²) in [6.07, 6.45) is 7.96. The van der Waals surface area contributed by atoms with Crippen molar-refractivity contribution in [1.29, 1.82) is 0 Å². The third-order valence-electron chi connectivity index (χ3n) is 4.57. The summed E-state index contributed by atoms with van der Waals surface area (Å²) in [5.41, 5.74) is 3.74. The number of nitrogens with one attached hydrogen (secondary N) is 1. The zero-order valence-corrected chi connectivity index (χ0v) is 15.6. The Hall–Kier alpha value is -2.42. The number of pyridine rings is 2. The molecule has 0 saturated carbocycles. The number of unbranched alkanes of at least 4 members (excludes halogenated alkanes) is 1. The van der Waals surface area contributed by atoms with Crippen LogP contribution in [0, 0.1) is 0 Å². The maximum absolute atomic E-state index is 4.75. The van der Waals surface area contributed by atoms with Gasteiger partial charge in [-0.25, -0.2) is 4.98 Å². The van der Waals surface area contributed by atoms with Crippen molar-refractivity contribution in [3.8, 4) is 11.1 Å². The Balaban J connectivity index is 2.16. The minimum Gasteiger partial charge on any atom is -0.370 e. The molecule has 0 fully saturated rings. The van der Waals surface area contributed by atoms with E-state index in [0.29, 0.717) is 0 Å². The lowest BCUT2D eigenvalue weighted by Gasteiger charge is -2.21. The van der Waals surface area contributed by atoms with Crippen LogP contribution in [0.2, 0.25) is 0 Å². The molecule has 0 aliphatic heterocycles. The smallest absolute Gasteiger partial charge is 0.133 e. The molecule has 1 aromatic carbocycles. The number of fused-ring (bicyclic) bond motifs is 1. The fourth-order valence-electron chi connectivity index (χ4n) is 3.00. The molecule has 0 aliphatic carbocycles. The number of hydrogen-bond acceptors (Lipinski definition) is 3. The number of anilines is 1. The molecule has 3 rings (SSSR count). The normalized spacial score (nSPS) is 11.7. The Morgan fingerprint density at radius 3 is 2.44 bits per heavy atom. The molecule has 0 unspecified atom stereocenters. The fourth-order valence-corrected chi connectivity index (χ4v) is 3.00. The molecular formula is C22H27N3. The molecule has 0 spiro atoms. The van der Waals surface area contributed by atoms with E-state index < -0.39 is 0 Å². The second-order valence-corrected chi connectivity index (χ2v) is 7.55. The first kappa shape index (κ1) is 17.4. The number of hydrogen-bond donors (Lipinski definition) is 1. The number of rotatable bonds is 5. The van der Waals surface area contributed by atoms with Crippen LogP contribution in [0.4, 0.5) is 5.82 Å². The monoisotopic (exact) mass is 333 g/mol. The van der Waals surface area contributed by atoms with E-state index in [1.165, 1.54) is 22.8 Å². The van der Waals surface area contributed by atoms with Gasteiger partial charge in [0.1, 0.15) is 5.82 Å². The maximum Gasteiger partial charge on any atom is 0.133 e. The van der Waals surface area contributed by atoms with Gasteiger partial charge in [-0.1, -0.05) is 46.2 Å². The van der Waals surface area contributed by atoms with Gasteiger partial charge in [-0.3, -0.25) is 4.98 Å². The lowest BCUT2D eigenvalue weighted by molar-refractivity contribution is 0.591. The molecule has 2 aromatic heterocycles. The van der Waals surface area contributed by atoms with Crippen LogP contribution in [0.25, 0.3) is 21.9 Å². The van der Waals surface area contributed by atoms with Crippen LogP contribution in [0.3, 0.4) is 0 Å². The average molecular weight is 333 g/mol. The third kappa shape index (κ3) is 3.81. The quantitative estimate of drug-likeness (QED) is 0.599. The van der Waals surface area contributed by atoms with Crippen molar-refractivity contribution in [2.75, 3.05) is 11.9 Å². The van der Waals surface area contributed by atoms with E-state index in [0.717, 1.165) is 29.9 Å². The van der Waals surface area contributed by atoms with Crippen molar-refractivity contribution >= 4 is 16.6 Å². The Morgan fingerprint density at radius 1 is 1.00 bits per heavy atom. The van der Waals surface area contributed by atoms with Crippen LogP contribution in [0.5, 0.6) is 0 Å². The minimum atomic E-state index is 0.113. The van der Waals surface area contributed by atoms with Gasteiger partial charge in [-0.2, -0.15) is 0 Å². The number of nitrogens with zero attached hydrogens (tertiary/aromatic N) is 2. The number of aromatic nitrogens is 2. The summed E-state index contributed by atoms with van der Waals surface area (Å²) < 4.78 is 0. The highest BCUT2D eigenvalue weighted by atomic mass is 15.0. The van der Waals surface area contributed by atoms with Crippen LogP contribution in [-0.2, 0) is 5.41 Å².